The summed E-state index contributed by atoms with van der Waals surface area (Å²) in [7, 11) is 0. The normalized spacial score (nSPS) is 19.0. The molecule has 1 fully saturated rings. The molecule has 1 saturated carbocycles. The van der Waals surface area contributed by atoms with Crippen molar-refractivity contribution in [3.05, 3.63) is 12.7 Å². The molecule has 0 aliphatic heterocycles. The summed E-state index contributed by atoms with van der Waals surface area (Å²) in [5, 5.41) is 2.84. The first kappa shape index (κ1) is 8.31. The molecular weight excluding hydrogens is 138 g/mol. The highest BCUT2D eigenvalue weighted by Gasteiger charge is 2.23. The minimum atomic E-state index is -0.0573. The van der Waals surface area contributed by atoms with Crippen LogP contribution in [0.15, 0.2) is 12.7 Å². The summed E-state index contributed by atoms with van der Waals surface area (Å²) in [6.45, 7) is 5.44. The van der Waals surface area contributed by atoms with E-state index in [2.05, 4.69) is 11.9 Å². The number of rotatable bonds is 4. The van der Waals surface area contributed by atoms with Gasteiger partial charge in [0, 0.05) is 6.04 Å². The van der Waals surface area contributed by atoms with Crippen molar-refractivity contribution in [2.75, 3.05) is 0 Å². The summed E-state index contributed by atoms with van der Waals surface area (Å²) < 4.78 is 0. The number of carbonyl (C=O) groups excluding carboxylic acids is 1. The molecule has 0 radical (unpaired) electrons. The average molecular weight is 153 g/mol. The Kier molecular flexibility index (Phi) is 2.69. The fourth-order valence-corrected chi connectivity index (χ4v) is 1.21. The smallest absolute Gasteiger partial charge is 0.243 e. The largest absolute Gasteiger partial charge is 0.350 e. The van der Waals surface area contributed by atoms with Crippen LogP contribution < -0.4 is 5.32 Å². The summed E-state index contributed by atoms with van der Waals surface area (Å²) in [5.74, 6) is 0.813. The van der Waals surface area contributed by atoms with Crippen LogP contribution in [-0.4, -0.2) is 11.9 Å². The second-order valence-electron chi connectivity index (χ2n) is 3.29. The minimum Gasteiger partial charge on any atom is -0.350 e. The van der Waals surface area contributed by atoms with E-state index in [4.69, 9.17) is 0 Å². The third-order valence-electron chi connectivity index (χ3n) is 1.96. The molecule has 1 rings (SSSR count). The lowest BCUT2D eigenvalue weighted by atomic mass is 10.1. The van der Waals surface area contributed by atoms with Gasteiger partial charge in [-0.05, 0) is 25.3 Å². The molecule has 0 unspecified atom stereocenters. The van der Waals surface area contributed by atoms with E-state index in [1.165, 1.54) is 18.9 Å². The van der Waals surface area contributed by atoms with Gasteiger partial charge in [0.1, 0.15) is 0 Å². The standard InChI is InChI=1S/C9H15NO/c1-3-9(11)10-7(2)6-8-4-5-8/h3,7-8H,1,4-6H2,2H3,(H,10,11)/t7-/m0/s1. The van der Waals surface area contributed by atoms with Gasteiger partial charge < -0.3 is 5.32 Å². The first-order valence-corrected chi connectivity index (χ1v) is 4.15. The molecular formula is C9H15NO. The molecule has 0 aromatic rings. The molecule has 0 aromatic heterocycles. The van der Waals surface area contributed by atoms with Crippen LogP contribution in [0.3, 0.4) is 0 Å². The topological polar surface area (TPSA) is 29.1 Å². The summed E-state index contributed by atoms with van der Waals surface area (Å²) in [6.07, 6.45) is 5.13. The van der Waals surface area contributed by atoms with Crippen LogP contribution in [0.1, 0.15) is 26.2 Å². The third-order valence-corrected chi connectivity index (χ3v) is 1.96. The van der Waals surface area contributed by atoms with Gasteiger partial charge in [-0.15, -0.1) is 0 Å². The molecule has 1 aliphatic carbocycles. The predicted molar refractivity (Wildman–Crippen MR) is 45.1 cm³/mol. The fourth-order valence-electron chi connectivity index (χ4n) is 1.21. The summed E-state index contributed by atoms with van der Waals surface area (Å²) in [4.78, 5) is 10.8. The number of nitrogens with one attached hydrogen (secondary N) is 1. The van der Waals surface area contributed by atoms with Gasteiger partial charge in [0.25, 0.3) is 0 Å². The molecule has 0 saturated heterocycles. The highest BCUT2D eigenvalue weighted by molar-refractivity contribution is 5.87. The van der Waals surface area contributed by atoms with Crippen LogP contribution in [-0.2, 0) is 4.79 Å². The predicted octanol–water partition coefficient (Wildman–Crippen LogP) is 1.48. The highest BCUT2D eigenvalue weighted by Crippen LogP contribution is 2.33. The molecule has 0 bridgehead atoms. The van der Waals surface area contributed by atoms with Crippen LogP contribution in [0.25, 0.3) is 0 Å². The Morgan fingerprint density at radius 2 is 2.45 bits per heavy atom. The lowest BCUT2D eigenvalue weighted by Gasteiger charge is -2.10. The van der Waals surface area contributed by atoms with Crippen molar-refractivity contribution < 1.29 is 4.79 Å². The maximum Gasteiger partial charge on any atom is 0.243 e. The molecule has 2 nitrogen and oxygen atoms in total. The Morgan fingerprint density at radius 3 is 2.91 bits per heavy atom. The van der Waals surface area contributed by atoms with Crippen molar-refractivity contribution in [3.63, 3.8) is 0 Å². The zero-order valence-electron chi connectivity index (χ0n) is 6.97. The third kappa shape index (κ3) is 3.21. The fraction of sp³-hybridized carbons (Fsp3) is 0.667. The van der Waals surface area contributed by atoms with Crippen LogP contribution in [0.4, 0.5) is 0 Å². The van der Waals surface area contributed by atoms with E-state index in [-0.39, 0.29) is 5.91 Å². The summed E-state index contributed by atoms with van der Waals surface area (Å²) >= 11 is 0. The van der Waals surface area contributed by atoms with Gasteiger partial charge in [-0.1, -0.05) is 19.4 Å². The Bertz CT molecular complexity index is 161. The van der Waals surface area contributed by atoms with Crippen molar-refractivity contribution in [1.29, 1.82) is 0 Å². The van der Waals surface area contributed by atoms with Gasteiger partial charge in [0.15, 0.2) is 0 Å². The van der Waals surface area contributed by atoms with Crippen LogP contribution in [0, 0.1) is 5.92 Å². The molecule has 0 spiro atoms. The molecule has 2 heteroatoms. The van der Waals surface area contributed by atoms with E-state index < -0.39 is 0 Å². The van der Waals surface area contributed by atoms with Gasteiger partial charge >= 0.3 is 0 Å². The molecule has 1 atom stereocenters. The molecule has 1 N–H and O–H groups in total. The van der Waals surface area contributed by atoms with E-state index in [0.29, 0.717) is 6.04 Å². The average Bonchev–Trinajstić information content (AvgIpc) is 2.71. The Hall–Kier alpha value is -0.790. The monoisotopic (exact) mass is 153 g/mol. The van der Waals surface area contributed by atoms with Crippen LogP contribution >= 0.6 is 0 Å². The molecule has 1 amide bonds. The summed E-state index contributed by atoms with van der Waals surface area (Å²) in [6, 6.07) is 0.313. The summed E-state index contributed by atoms with van der Waals surface area (Å²) in [5.41, 5.74) is 0. The lowest BCUT2D eigenvalue weighted by molar-refractivity contribution is -0.117. The molecule has 0 aromatic carbocycles. The number of amides is 1. The van der Waals surface area contributed by atoms with Gasteiger partial charge in [0.05, 0.1) is 0 Å². The highest BCUT2D eigenvalue weighted by atomic mass is 16.1. The van der Waals surface area contributed by atoms with E-state index in [9.17, 15) is 4.79 Å². The van der Waals surface area contributed by atoms with Crippen molar-refractivity contribution in [3.8, 4) is 0 Å². The van der Waals surface area contributed by atoms with Crippen LogP contribution in [0.5, 0.6) is 0 Å². The van der Waals surface area contributed by atoms with E-state index in [1.54, 1.807) is 0 Å². The van der Waals surface area contributed by atoms with Crippen molar-refractivity contribution in [2.45, 2.75) is 32.2 Å². The maximum absolute atomic E-state index is 10.8. The van der Waals surface area contributed by atoms with Crippen molar-refractivity contribution >= 4 is 5.91 Å². The maximum atomic E-state index is 10.8. The Balaban J connectivity index is 2.13. The Morgan fingerprint density at radius 1 is 1.82 bits per heavy atom. The first-order valence-electron chi connectivity index (χ1n) is 4.15. The van der Waals surface area contributed by atoms with Gasteiger partial charge in [0.2, 0.25) is 5.91 Å². The van der Waals surface area contributed by atoms with E-state index >= 15 is 0 Å². The first-order chi connectivity index (χ1) is 5.22. The zero-order chi connectivity index (χ0) is 8.27. The zero-order valence-corrected chi connectivity index (χ0v) is 6.97. The van der Waals surface area contributed by atoms with E-state index in [0.717, 1.165) is 12.3 Å². The van der Waals surface area contributed by atoms with Gasteiger partial charge in [-0.25, -0.2) is 0 Å². The lowest BCUT2D eigenvalue weighted by Crippen LogP contribution is -2.31. The number of hydrogen-bond donors (Lipinski definition) is 1. The van der Waals surface area contributed by atoms with Crippen molar-refractivity contribution in [1.82, 2.24) is 5.32 Å². The van der Waals surface area contributed by atoms with Gasteiger partial charge in [-0.3, -0.25) is 4.79 Å². The number of carbonyl (C=O) groups is 1. The molecule has 0 heterocycles. The SMILES string of the molecule is C=CC(=O)N[C@@H](C)CC1CC1. The van der Waals surface area contributed by atoms with Crippen LogP contribution in [0.2, 0.25) is 0 Å². The number of hydrogen-bond acceptors (Lipinski definition) is 1. The quantitative estimate of drug-likeness (QED) is 0.609. The second-order valence-corrected chi connectivity index (χ2v) is 3.29. The molecule has 1 aliphatic rings. The molecule has 11 heavy (non-hydrogen) atoms. The second kappa shape index (κ2) is 3.56. The minimum absolute atomic E-state index is 0.0573. The van der Waals surface area contributed by atoms with Gasteiger partial charge in [-0.2, -0.15) is 0 Å². The Labute approximate surface area is 67.7 Å². The van der Waals surface area contributed by atoms with E-state index in [1.807, 2.05) is 6.92 Å². The van der Waals surface area contributed by atoms with Crippen molar-refractivity contribution in [2.24, 2.45) is 5.92 Å². The molecule has 62 valence electrons.